The topological polar surface area (TPSA) is 82.7 Å². The summed E-state index contributed by atoms with van der Waals surface area (Å²) >= 11 is 3.31. The Morgan fingerprint density at radius 3 is 2.63 bits per heavy atom. The smallest absolute Gasteiger partial charge is 0.257 e. The van der Waals surface area contributed by atoms with E-state index in [4.69, 9.17) is 4.52 Å². The molecule has 0 spiro atoms. The Labute approximate surface area is 183 Å². The molecule has 1 aliphatic heterocycles. The van der Waals surface area contributed by atoms with Gasteiger partial charge in [0.25, 0.3) is 5.91 Å². The molecule has 0 aliphatic carbocycles. The Bertz CT molecular complexity index is 1070. The summed E-state index contributed by atoms with van der Waals surface area (Å²) in [5, 5.41) is 14.4. The van der Waals surface area contributed by atoms with Crippen LogP contribution in [0.1, 0.15) is 27.4 Å². The molecule has 1 aromatic heterocycles. The van der Waals surface area contributed by atoms with E-state index in [1.54, 1.807) is 17.0 Å². The van der Waals surface area contributed by atoms with Gasteiger partial charge in [-0.25, -0.2) is 0 Å². The Morgan fingerprint density at radius 2 is 1.90 bits per heavy atom. The fourth-order valence-corrected chi connectivity index (χ4v) is 4.20. The number of rotatable bonds is 4. The zero-order valence-corrected chi connectivity index (χ0v) is 18.5. The largest absolute Gasteiger partial charge is 0.506 e. The molecule has 4 rings (SSSR count). The highest BCUT2D eigenvalue weighted by atomic mass is 79.9. The van der Waals surface area contributed by atoms with Crippen LogP contribution in [0, 0.1) is 13.8 Å². The average Bonchev–Trinajstić information content (AvgIpc) is 3.19. The van der Waals surface area contributed by atoms with E-state index in [2.05, 4.69) is 31.0 Å². The Kier molecular flexibility index (Phi) is 5.87. The summed E-state index contributed by atoms with van der Waals surface area (Å²) in [5.41, 5.74) is 3.31. The number of aromatic hydroxyl groups is 1. The maximum atomic E-state index is 12.9. The van der Waals surface area contributed by atoms with Crippen LogP contribution in [0.15, 0.2) is 45.4 Å². The third-order valence-corrected chi connectivity index (χ3v) is 5.92. The molecule has 8 heteroatoms. The molecular formula is C22H23BrN4O3. The third kappa shape index (κ3) is 4.24. The van der Waals surface area contributed by atoms with Crippen molar-refractivity contribution >= 4 is 21.8 Å². The molecule has 1 N–H and O–H groups in total. The molecule has 7 nitrogen and oxygen atoms in total. The van der Waals surface area contributed by atoms with E-state index in [1.165, 1.54) is 0 Å². The lowest BCUT2D eigenvalue weighted by Gasteiger charge is -2.34. The number of carbonyl (C=O) groups excluding carboxylic acids is 1. The molecule has 0 radical (unpaired) electrons. The zero-order valence-electron chi connectivity index (χ0n) is 16.9. The van der Waals surface area contributed by atoms with Crippen LogP contribution < -0.4 is 0 Å². The molecule has 1 aliphatic rings. The quantitative estimate of drug-likeness (QED) is 0.624. The predicted octanol–water partition coefficient (Wildman–Crippen LogP) is 3.78. The summed E-state index contributed by atoms with van der Waals surface area (Å²) in [6.07, 6.45) is 0. The van der Waals surface area contributed by atoms with Crippen LogP contribution in [0.2, 0.25) is 0 Å². The maximum absolute atomic E-state index is 12.9. The van der Waals surface area contributed by atoms with Gasteiger partial charge in [-0.15, -0.1) is 0 Å². The van der Waals surface area contributed by atoms with Gasteiger partial charge >= 0.3 is 0 Å². The highest BCUT2D eigenvalue weighted by Crippen LogP contribution is 2.30. The lowest BCUT2D eigenvalue weighted by atomic mass is 10.1. The second-order valence-corrected chi connectivity index (χ2v) is 8.39. The standard InChI is InChI=1S/C22H23BrN4O3/c1-14-11-17(20(28)18(23)12-14)22(29)27-9-7-26(8-10-27)13-19-24-21(25-30-19)16-6-4-3-5-15(16)2/h3-6,11-12,28H,7-10,13H2,1-2H3. The number of hydrogen-bond donors (Lipinski definition) is 1. The second kappa shape index (κ2) is 8.57. The summed E-state index contributed by atoms with van der Waals surface area (Å²) in [7, 11) is 0. The van der Waals surface area contributed by atoms with Gasteiger partial charge < -0.3 is 14.5 Å². The Morgan fingerprint density at radius 1 is 1.17 bits per heavy atom. The van der Waals surface area contributed by atoms with Gasteiger partial charge in [0.05, 0.1) is 16.6 Å². The molecule has 2 aromatic carbocycles. The molecule has 1 saturated heterocycles. The van der Waals surface area contributed by atoms with Crippen LogP contribution in [0.5, 0.6) is 5.75 Å². The highest BCUT2D eigenvalue weighted by molar-refractivity contribution is 9.10. The van der Waals surface area contributed by atoms with Gasteiger partial charge in [0.2, 0.25) is 11.7 Å². The van der Waals surface area contributed by atoms with Crippen molar-refractivity contribution in [2.75, 3.05) is 26.2 Å². The maximum Gasteiger partial charge on any atom is 0.257 e. The first-order valence-corrected chi connectivity index (χ1v) is 10.6. The Hall–Kier alpha value is -2.71. The number of aromatic nitrogens is 2. The van der Waals surface area contributed by atoms with Crippen molar-refractivity contribution in [1.29, 1.82) is 0 Å². The van der Waals surface area contributed by atoms with Crippen LogP contribution in [0.3, 0.4) is 0 Å². The van der Waals surface area contributed by atoms with Crippen molar-refractivity contribution in [3.05, 3.63) is 63.5 Å². The summed E-state index contributed by atoms with van der Waals surface area (Å²) in [6, 6.07) is 11.5. The summed E-state index contributed by atoms with van der Waals surface area (Å²) < 4.78 is 5.97. The van der Waals surface area contributed by atoms with Crippen LogP contribution in [0.4, 0.5) is 0 Å². The minimum Gasteiger partial charge on any atom is -0.506 e. The van der Waals surface area contributed by atoms with Crippen molar-refractivity contribution in [1.82, 2.24) is 19.9 Å². The van der Waals surface area contributed by atoms with Crippen LogP contribution in [0.25, 0.3) is 11.4 Å². The molecule has 3 aromatic rings. The van der Waals surface area contributed by atoms with Crippen molar-refractivity contribution in [2.24, 2.45) is 0 Å². The molecule has 2 heterocycles. The SMILES string of the molecule is Cc1cc(Br)c(O)c(C(=O)N2CCN(Cc3nc(-c4ccccc4C)no3)CC2)c1. The van der Waals surface area contributed by atoms with Crippen molar-refractivity contribution in [3.8, 4) is 17.1 Å². The van der Waals surface area contributed by atoms with E-state index < -0.39 is 0 Å². The van der Waals surface area contributed by atoms with E-state index >= 15 is 0 Å². The van der Waals surface area contributed by atoms with Gasteiger partial charge in [0, 0.05) is 31.7 Å². The molecule has 156 valence electrons. The number of nitrogens with zero attached hydrogens (tertiary/aromatic N) is 4. The fraction of sp³-hybridized carbons (Fsp3) is 0.318. The first-order valence-electron chi connectivity index (χ1n) is 9.81. The summed E-state index contributed by atoms with van der Waals surface area (Å²) in [4.78, 5) is 21.4. The Balaban J connectivity index is 1.38. The molecule has 0 bridgehead atoms. The van der Waals surface area contributed by atoms with Crippen molar-refractivity contribution in [3.63, 3.8) is 0 Å². The number of carbonyl (C=O) groups is 1. The number of amides is 1. The molecule has 0 atom stereocenters. The monoisotopic (exact) mass is 470 g/mol. The molecule has 1 amide bonds. The average molecular weight is 471 g/mol. The molecular weight excluding hydrogens is 448 g/mol. The van der Waals surface area contributed by atoms with Crippen LogP contribution >= 0.6 is 15.9 Å². The minimum absolute atomic E-state index is 0.0115. The molecule has 0 saturated carbocycles. The lowest BCUT2D eigenvalue weighted by Crippen LogP contribution is -2.48. The number of piperazine rings is 1. The van der Waals surface area contributed by atoms with Gasteiger partial charge in [-0.3, -0.25) is 9.69 Å². The minimum atomic E-state index is -0.156. The first kappa shape index (κ1) is 20.6. The molecule has 30 heavy (non-hydrogen) atoms. The summed E-state index contributed by atoms with van der Waals surface area (Å²) in [6.45, 7) is 7.00. The number of phenolic OH excluding ortho intramolecular Hbond substituents is 1. The van der Waals surface area contributed by atoms with Crippen molar-refractivity contribution in [2.45, 2.75) is 20.4 Å². The predicted molar refractivity (Wildman–Crippen MR) is 116 cm³/mol. The number of hydrogen-bond acceptors (Lipinski definition) is 6. The van der Waals surface area contributed by atoms with E-state index in [0.717, 1.165) is 16.7 Å². The van der Waals surface area contributed by atoms with Gasteiger partial charge in [-0.1, -0.05) is 29.4 Å². The second-order valence-electron chi connectivity index (χ2n) is 7.54. The first-order chi connectivity index (χ1) is 14.4. The fourth-order valence-electron chi connectivity index (χ4n) is 3.62. The normalized spacial score (nSPS) is 14.8. The van der Waals surface area contributed by atoms with E-state index in [-0.39, 0.29) is 11.7 Å². The number of aryl methyl sites for hydroxylation is 2. The number of halogens is 1. The van der Waals surface area contributed by atoms with Gasteiger partial charge in [0.1, 0.15) is 5.75 Å². The third-order valence-electron chi connectivity index (χ3n) is 5.31. The van der Waals surface area contributed by atoms with Crippen LogP contribution in [-0.4, -0.2) is 57.1 Å². The summed E-state index contributed by atoms with van der Waals surface area (Å²) in [5.74, 6) is 0.990. The molecule has 0 unspecified atom stereocenters. The number of benzene rings is 2. The highest BCUT2D eigenvalue weighted by Gasteiger charge is 2.26. The van der Waals surface area contributed by atoms with E-state index in [9.17, 15) is 9.90 Å². The van der Waals surface area contributed by atoms with Crippen molar-refractivity contribution < 1.29 is 14.4 Å². The van der Waals surface area contributed by atoms with Crippen LogP contribution in [-0.2, 0) is 6.54 Å². The van der Waals surface area contributed by atoms with Gasteiger partial charge in [-0.05, 0) is 53.0 Å². The van der Waals surface area contributed by atoms with E-state index in [1.807, 2.05) is 38.1 Å². The molecule has 1 fully saturated rings. The lowest BCUT2D eigenvalue weighted by molar-refractivity contribution is 0.0612. The van der Waals surface area contributed by atoms with Gasteiger partial charge in [0.15, 0.2) is 0 Å². The zero-order chi connectivity index (χ0) is 21.3. The van der Waals surface area contributed by atoms with E-state index in [0.29, 0.717) is 54.5 Å². The van der Waals surface area contributed by atoms with Gasteiger partial charge in [-0.2, -0.15) is 4.98 Å². The number of phenols is 1.